The summed E-state index contributed by atoms with van der Waals surface area (Å²) in [5, 5.41) is 2.93. The first kappa shape index (κ1) is 10.5. The van der Waals surface area contributed by atoms with Crippen molar-refractivity contribution in [1.82, 2.24) is 5.32 Å². The average Bonchev–Trinajstić information content (AvgIpc) is 2.92. The summed E-state index contributed by atoms with van der Waals surface area (Å²) in [4.78, 5) is 11.0. The third-order valence-electron chi connectivity index (χ3n) is 1.93. The molecule has 0 aliphatic heterocycles. The predicted molar refractivity (Wildman–Crippen MR) is 48.4 cm³/mol. The summed E-state index contributed by atoms with van der Waals surface area (Å²) in [6.45, 7) is 2.20. The zero-order valence-corrected chi connectivity index (χ0v) is 8.04. The molecule has 1 N–H and O–H groups in total. The summed E-state index contributed by atoms with van der Waals surface area (Å²) in [6, 6.07) is 0. The van der Waals surface area contributed by atoms with Gasteiger partial charge in [-0.05, 0) is 18.8 Å². The first-order chi connectivity index (χ1) is 6.33. The fourth-order valence-electron chi connectivity index (χ4n) is 0.911. The molecule has 0 heterocycles. The van der Waals surface area contributed by atoms with E-state index in [4.69, 9.17) is 9.47 Å². The molecule has 4 nitrogen and oxygen atoms in total. The molecule has 1 saturated carbocycles. The predicted octanol–water partition coefficient (Wildman–Crippen LogP) is 0.176. The van der Waals surface area contributed by atoms with Crippen LogP contribution in [0.5, 0.6) is 0 Å². The Kier molecular flexibility index (Phi) is 4.78. The van der Waals surface area contributed by atoms with Gasteiger partial charge in [-0.25, -0.2) is 0 Å². The molecule has 0 spiro atoms. The SMILES string of the molecule is COCCNCC(=O)OCC1CC1. The highest BCUT2D eigenvalue weighted by atomic mass is 16.5. The Bertz CT molecular complexity index is 157. The molecule has 0 unspecified atom stereocenters. The second-order valence-corrected chi connectivity index (χ2v) is 3.30. The van der Waals surface area contributed by atoms with Crippen molar-refractivity contribution in [3.8, 4) is 0 Å². The molecule has 1 fully saturated rings. The lowest BCUT2D eigenvalue weighted by atomic mass is 10.5. The summed E-state index contributed by atoms with van der Waals surface area (Å²) in [7, 11) is 1.63. The summed E-state index contributed by atoms with van der Waals surface area (Å²) in [5.74, 6) is 0.478. The summed E-state index contributed by atoms with van der Waals surface area (Å²) in [6.07, 6.45) is 2.43. The van der Waals surface area contributed by atoms with Crippen molar-refractivity contribution >= 4 is 5.97 Å². The molecule has 0 saturated heterocycles. The molecule has 0 atom stereocenters. The van der Waals surface area contributed by atoms with Crippen molar-refractivity contribution in [1.29, 1.82) is 0 Å². The Morgan fingerprint density at radius 1 is 1.54 bits per heavy atom. The molecule has 76 valence electrons. The maximum Gasteiger partial charge on any atom is 0.319 e. The van der Waals surface area contributed by atoms with Crippen LogP contribution in [0.4, 0.5) is 0 Å². The van der Waals surface area contributed by atoms with Gasteiger partial charge in [0.15, 0.2) is 0 Å². The first-order valence-electron chi connectivity index (χ1n) is 4.68. The van der Waals surface area contributed by atoms with Crippen LogP contribution in [0.3, 0.4) is 0 Å². The lowest BCUT2D eigenvalue weighted by Crippen LogP contribution is -2.28. The van der Waals surface area contributed by atoms with Crippen molar-refractivity contribution in [2.75, 3.05) is 33.4 Å². The molecular formula is C9H17NO3. The lowest BCUT2D eigenvalue weighted by Gasteiger charge is -2.04. The van der Waals surface area contributed by atoms with Gasteiger partial charge in [0, 0.05) is 13.7 Å². The standard InChI is InChI=1S/C9H17NO3/c1-12-5-4-10-6-9(11)13-7-8-2-3-8/h8,10H,2-7H2,1H3. The highest BCUT2D eigenvalue weighted by molar-refractivity contribution is 5.71. The Balaban J connectivity index is 1.84. The van der Waals surface area contributed by atoms with Gasteiger partial charge in [0.2, 0.25) is 0 Å². The van der Waals surface area contributed by atoms with E-state index in [1.807, 2.05) is 0 Å². The summed E-state index contributed by atoms with van der Waals surface area (Å²) in [5.41, 5.74) is 0. The average molecular weight is 187 g/mol. The fourth-order valence-corrected chi connectivity index (χ4v) is 0.911. The number of methoxy groups -OCH3 is 1. The minimum Gasteiger partial charge on any atom is -0.464 e. The molecule has 4 heteroatoms. The smallest absolute Gasteiger partial charge is 0.319 e. The maximum atomic E-state index is 11.0. The van der Waals surface area contributed by atoms with E-state index >= 15 is 0 Å². The minimum absolute atomic E-state index is 0.164. The van der Waals surface area contributed by atoms with Crippen LogP contribution in [-0.2, 0) is 14.3 Å². The fraction of sp³-hybridized carbons (Fsp3) is 0.889. The van der Waals surface area contributed by atoms with Gasteiger partial charge >= 0.3 is 5.97 Å². The largest absolute Gasteiger partial charge is 0.464 e. The zero-order chi connectivity index (χ0) is 9.52. The molecule has 0 bridgehead atoms. The molecule has 0 radical (unpaired) electrons. The van der Waals surface area contributed by atoms with E-state index in [0.29, 0.717) is 25.7 Å². The Morgan fingerprint density at radius 2 is 2.31 bits per heavy atom. The molecule has 1 aliphatic rings. The lowest BCUT2D eigenvalue weighted by molar-refractivity contribution is -0.143. The minimum atomic E-state index is -0.164. The van der Waals surface area contributed by atoms with Crippen molar-refractivity contribution in [3.05, 3.63) is 0 Å². The monoisotopic (exact) mass is 187 g/mol. The van der Waals surface area contributed by atoms with E-state index in [2.05, 4.69) is 5.32 Å². The Hall–Kier alpha value is -0.610. The van der Waals surface area contributed by atoms with Gasteiger partial charge < -0.3 is 14.8 Å². The molecule has 0 aromatic heterocycles. The van der Waals surface area contributed by atoms with Gasteiger partial charge in [0.05, 0.1) is 19.8 Å². The zero-order valence-electron chi connectivity index (χ0n) is 8.04. The van der Waals surface area contributed by atoms with E-state index in [1.54, 1.807) is 7.11 Å². The highest BCUT2D eigenvalue weighted by Crippen LogP contribution is 2.28. The normalized spacial score (nSPS) is 15.8. The van der Waals surface area contributed by atoms with Crippen molar-refractivity contribution in [2.24, 2.45) is 5.92 Å². The van der Waals surface area contributed by atoms with Crippen LogP contribution < -0.4 is 5.32 Å². The second kappa shape index (κ2) is 5.94. The van der Waals surface area contributed by atoms with E-state index in [9.17, 15) is 4.79 Å². The summed E-state index contributed by atoms with van der Waals surface area (Å²) < 4.78 is 9.82. The molecule has 0 amide bonds. The number of nitrogens with one attached hydrogen (secondary N) is 1. The van der Waals surface area contributed by atoms with Crippen molar-refractivity contribution < 1.29 is 14.3 Å². The van der Waals surface area contributed by atoms with Crippen LogP contribution in [0, 0.1) is 5.92 Å². The quantitative estimate of drug-likeness (QED) is 0.456. The van der Waals surface area contributed by atoms with Gasteiger partial charge in [-0.1, -0.05) is 0 Å². The number of carbonyl (C=O) groups is 1. The van der Waals surface area contributed by atoms with Crippen LogP contribution in [0.15, 0.2) is 0 Å². The number of esters is 1. The molecular weight excluding hydrogens is 170 g/mol. The Morgan fingerprint density at radius 3 is 2.92 bits per heavy atom. The van der Waals surface area contributed by atoms with Crippen LogP contribution in [-0.4, -0.2) is 39.4 Å². The Labute approximate surface area is 78.6 Å². The van der Waals surface area contributed by atoms with Crippen LogP contribution in [0.2, 0.25) is 0 Å². The van der Waals surface area contributed by atoms with E-state index in [0.717, 1.165) is 0 Å². The molecule has 1 aliphatic carbocycles. The number of carbonyl (C=O) groups excluding carboxylic acids is 1. The number of hydrogen-bond acceptors (Lipinski definition) is 4. The topological polar surface area (TPSA) is 47.6 Å². The van der Waals surface area contributed by atoms with Crippen LogP contribution in [0.1, 0.15) is 12.8 Å². The number of ether oxygens (including phenoxy) is 2. The van der Waals surface area contributed by atoms with Crippen LogP contribution in [0.25, 0.3) is 0 Å². The maximum absolute atomic E-state index is 11.0. The highest BCUT2D eigenvalue weighted by Gasteiger charge is 2.22. The van der Waals surface area contributed by atoms with E-state index in [-0.39, 0.29) is 12.5 Å². The van der Waals surface area contributed by atoms with E-state index in [1.165, 1.54) is 12.8 Å². The molecule has 0 aromatic rings. The van der Waals surface area contributed by atoms with Crippen molar-refractivity contribution in [2.45, 2.75) is 12.8 Å². The van der Waals surface area contributed by atoms with Gasteiger partial charge in [0.1, 0.15) is 0 Å². The van der Waals surface area contributed by atoms with Crippen molar-refractivity contribution in [3.63, 3.8) is 0 Å². The molecule has 13 heavy (non-hydrogen) atoms. The summed E-state index contributed by atoms with van der Waals surface area (Å²) >= 11 is 0. The first-order valence-corrected chi connectivity index (χ1v) is 4.68. The van der Waals surface area contributed by atoms with Crippen LogP contribution >= 0.6 is 0 Å². The molecule has 0 aromatic carbocycles. The number of rotatable bonds is 7. The number of hydrogen-bond donors (Lipinski definition) is 1. The van der Waals surface area contributed by atoms with E-state index < -0.39 is 0 Å². The third-order valence-corrected chi connectivity index (χ3v) is 1.93. The van der Waals surface area contributed by atoms with Gasteiger partial charge in [0.25, 0.3) is 0 Å². The molecule has 1 rings (SSSR count). The van der Waals surface area contributed by atoms with Gasteiger partial charge in [-0.15, -0.1) is 0 Å². The van der Waals surface area contributed by atoms with Gasteiger partial charge in [-0.2, -0.15) is 0 Å². The second-order valence-electron chi connectivity index (χ2n) is 3.30. The third kappa shape index (κ3) is 5.60. The van der Waals surface area contributed by atoms with Gasteiger partial charge in [-0.3, -0.25) is 4.79 Å².